The molecule has 2 amide bonds. The highest BCUT2D eigenvalue weighted by Crippen LogP contribution is 2.46. The van der Waals surface area contributed by atoms with Gasteiger partial charge in [-0.2, -0.15) is 0 Å². The van der Waals surface area contributed by atoms with Crippen molar-refractivity contribution in [1.29, 1.82) is 0 Å². The van der Waals surface area contributed by atoms with Gasteiger partial charge in [0.05, 0.1) is 34.0 Å². The Labute approximate surface area is 376 Å². The van der Waals surface area contributed by atoms with Crippen LogP contribution in [-0.2, 0) is 45.5 Å². The van der Waals surface area contributed by atoms with Gasteiger partial charge < -0.3 is 43.4 Å². The van der Waals surface area contributed by atoms with E-state index >= 15 is 0 Å². The molecule has 3 unspecified atom stereocenters. The molecular weight excluding hydrogens is 838 g/mol. The Morgan fingerprint density at radius 1 is 0.698 bits per heavy atom. The number of carbonyl (C=O) groups is 2. The third-order valence-electron chi connectivity index (χ3n) is 11.0. The Kier molecular flexibility index (Phi) is 17.3. The highest BCUT2D eigenvalue weighted by molar-refractivity contribution is 8.08. The molecule has 0 aliphatic heterocycles. The van der Waals surface area contributed by atoms with Crippen molar-refractivity contribution in [2.75, 3.05) is 61.4 Å². The summed E-state index contributed by atoms with van der Waals surface area (Å²) in [5.74, 6) is 0.770. The number of hydrogen-bond acceptors (Lipinski definition) is 10. The molecule has 14 heteroatoms. The number of ether oxygens (including phenoxy) is 5. The van der Waals surface area contributed by atoms with Crippen LogP contribution in [0.2, 0.25) is 0 Å². The fourth-order valence-corrected chi connectivity index (χ4v) is 9.90. The van der Waals surface area contributed by atoms with E-state index in [9.17, 15) is 9.59 Å². The maximum atomic E-state index is 14.2. The summed E-state index contributed by atoms with van der Waals surface area (Å²) in [4.78, 5) is 28.0. The normalized spacial score (nSPS) is 14.1. The molecule has 63 heavy (non-hydrogen) atoms. The molecule has 0 aromatic heterocycles. The lowest BCUT2D eigenvalue weighted by Gasteiger charge is -2.37. The van der Waals surface area contributed by atoms with Crippen LogP contribution >= 0.6 is 6.64 Å². The molecule has 0 radical (unpaired) electrons. The summed E-state index contributed by atoms with van der Waals surface area (Å²) in [6.07, 6.45) is 1.37. The number of hydrogen-bond donors (Lipinski definition) is 3. The molecule has 0 saturated heterocycles. The third-order valence-corrected chi connectivity index (χ3v) is 13.8. The molecule has 0 fully saturated rings. The lowest BCUT2D eigenvalue weighted by Crippen LogP contribution is -2.51. The second-order valence-corrected chi connectivity index (χ2v) is 18.5. The van der Waals surface area contributed by atoms with E-state index in [1.165, 1.54) is 7.11 Å². The molecule has 0 heterocycles. The van der Waals surface area contributed by atoms with Crippen LogP contribution in [0, 0.1) is 0 Å². The van der Waals surface area contributed by atoms with Gasteiger partial charge in [0.15, 0.2) is 0 Å². The molecule has 1 aliphatic carbocycles. The van der Waals surface area contributed by atoms with Gasteiger partial charge in [0.1, 0.15) is 29.7 Å². The predicted molar refractivity (Wildman–Crippen MR) is 249 cm³/mol. The van der Waals surface area contributed by atoms with Gasteiger partial charge in [0.2, 0.25) is 5.91 Å². The van der Waals surface area contributed by atoms with Crippen LogP contribution in [0.25, 0.3) is 11.1 Å². The summed E-state index contributed by atoms with van der Waals surface area (Å²) in [6.45, 7) is 0.371. The first-order chi connectivity index (χ1) is 30.6. The standard InChI is InChI=1S/C49H58N3O9PS/c1-35(32-55-2)52-62(63,58-5)61-31-15-7-14-30-50-47(53)46(51-48(54)59-33-45-43-20-12-10-18-41(43)42-19-11-13-21-44(42)45)34-60-49(36-16-8-6-9-17-36,37-22-26-39(56-3)27-23-37)38-24-28-40(57-4)29-25-38/h6,8-13,16-29,35,45-46H,7,14-15,30-34H2,1-5H3,(H,50,53)(H,51,54)(H,52,63). The Bertz CT molecular complexity index is 2190. The monoisotopic (exact) mass is 895 g/mol. The SMILES string of the molecule is COCC(C)NP(=S)(OC)OCCCCCNC(=O)C(COC(c1ccccc1)(c1ccc(OC)cc1)c1ccc(OC)cc1)NC(=O)OCC1c2ccccc2-c2ccccc21. The third kappa shape index (κ3) is 11.9. The fraction of sp³-hybridized carbons (Fsp3) is 0.347. The number of fused-ring (bicyclic) bond motifs is 3. The summed E-state index contributed by atoms with van der Waals surface area (Å²) in [5, 5.41) is 9.11. The first kappa shape index (κ1) is 47.4. The minimum atomic E-state index is -2.67. The van der Waals surface area contributed by atoms with Gasteiger partial charge in [0, 0.05) is 32.7 Å². The lowest BCUT2D eigenvalue weighted by molar-refractivity contribution is -0.126. The van der Waals surface area contributed by atoms with Gasteiger partial charge >= 0.3 is 6.09 Å². The van der Waals surface area contributed by atoms with Crippen LogP contribution in [0.1, 0.15) is 59.9 Å². The minimum absolute atomic E-state index is 0.0276. The average Bonchev–Trinajstić information content (AvgIpc) is 3.64. The Balaban J connectivity index is 1.21. The second-order valence-electron chi connectivity index (χ2n) is 15.2. The molecule has 6 rings (SSSR count). The molecule has 334 valence electrons. The summed E-state index contributed by atoms with van der Waals surface area (Å²) >= 11 is 5.62. The zero-order chi connectivity index (χ0) is 44.7. The molecular formula is C49H58N3O9PS. The van der Waals surface area contributed by atoms with Crippen molar-refractivity contribution >= 4 is 30.4 Å². The van der Waals surface area contributed by atoms with Crippen LogP contribution in [0.4, 0.5) is 4.79 Å². The number of unbranched alkanes of at least 4 members (excludes halogenated alkanes) is 2. The van der Waals surface area contributed by atoms with Crippen molar-refractivity contribution in [2.45, 2.75) is 49.8 Å². The van der Waals surface area contributed by atoms with E-state index in [-0.39, 0.29) is 25.2 Å². The largest absolute Gasteiger partial charge is 0.497 e. The molecule has 5 aromatic rings. The summed E-state index contributed by atoms with van der Waals surface area (Å²) in [5.41, 5.74) is 5.54. The highest BCUT2D eigenvalue weighted by atomic mass is 32.5. The van der Waals surface area contributed by atoms with Crippen molar-refractivity contribution in [3.05, 3.63) is 155 Å². The summed E-state index contributed by atoms with van der Waals surface area (Å²) < 4.78 is 40.7. The van der Waals surface area contributed by atoms with E-state index in [1.807, 2.05) is 110 Å². The van der Waals surface area contributed by atoms with Crippen molar-refractivity contribution < 1.29 is 42.3 Å². The van der Waals surface area contributed by atoms with Crippen molar-refractivity contribution in [1.82, 2.24) is 15.7 Å². The molecule has 3 atom stereocenters. The molecule has 12 nitrogen and oxygen atoms in total. The number of benzene rings is 5. The Hall–Kier alpha value is -5.11. The van der Waals surface area contributed by atoms with Gasteiger partial charge in [-0.3, -0.25) is 4.79 Å². The van der Waals surface area contributed by atoms with Gasteiger partial charge in [-0.05, 0) is 101 Å². The van der Waals surface area contributed by atoms with Crippen LogP contribution in [0.5, 0.6) is 11.5 Å². The van der Waals surface area contributed by atoms with E-state index in [0.29, 0.717) is 44.1 Å². The van der Waals surface area contributed by atoms with E-state index in [2.05, 4.69) is 40.0 Å². The average molecular weight is 896 g/mol. The number of carbonyl (C=O) groups excluding carboxylic acids is 2. The van der Waals surface area contributed by atoms with Gasteiger partial charge in [-0.25, -0.2) is 9.88 Å². The zero-order valence-electron chi connectivity index (χ0n) is 36.5. The Morgan fingerprint density at radius 3 is 1.81 bits per heavy atom. The first-order valence-corrected chi connectivity index (χ1v) is 23.7. The van der Waals surface area contributed by atoms with E-state index in [0.717, 1.165) is 45.4 Å². The number of rotatable bonds is 24. The Morgan fingerprint density at radius 2 is 1.25 bits per heavy atom. The van der Waals surface area contributed by atoms with Crippen molar-refractivity contribution in [3.8, 4) is 22.6 Å². The molecule has 0 saturated carbocycles. The molecule has 0 bridgehead atoms. The summed E-state index contributed by atoms with van der Waals surface area (Å²) in [7, 11) is 6.40. The number of nitrogens with one attached hydrogen (secondary N) is 3. The van der Waals surface area contributed by atoms with Gasteiger partial charge in [-0.1, -0.05) is 103 Å². The number of methoxy groups -OCH3 is 3. The number of alkyl carbamates (subject to hydrolysis) is 1. The molecule has 3 N–H and O–H groups in total. The maximum absolute atomic E-state index is 14.2. The zero-order valence-corrected chi connectivity index (χ0v) is 38.3. The van der Waals surface area contributed by atoms with E-state index < -0.39 is 30.3 Å². The topological polar surface area (TPSA) is 135 Å². The first-order valence-electron chi connectivity index (χ1n) is 21.1. The summed E-state index contributed by atoms with van der Waals surface area (Å²) in [6, 6.07) is 40.1. The maximum Gasteiger partial charge on any atom is 0.407 e. The second kappa shape index (κ2) is 23.0. The van der Waals surface area contributed by atoms with E-state index in [4.69, 9.17) is 44.5 Å². The van der Waals surface area contributed by atoms with Crippen LogP contribution in [0.15, 0.2) is 127 Å². The highest BCUT2D eigenvalue weighted by Gasteiger charge is 2.40. The fourth-order valence-electron chi connectivity index (χ4n) is 7.87. The molecule has 1 aliphatic rings. The molecule has 0 spiro atoms. The quantitative estimate of drug-likeness (QED) is 0.0312. The van der Waals surface area contributed by atoms with Crippen LogP contribution in [0.3, 0.4) is 0 Å². The smallest absolute Gasteiger partial charge is 0.407 e. The van der Waals surface area contributed by atoms with Crippen molar-refractivity contribution in [3.63, 3.8) is 0 Å². The van der Waals surface area contributed by atoms with Gasteiger partial charge in [0.25, 0.3) is 6.64 Å². The van der Waals surface area contributed by atoms with Crippen molar-refractivity contribution in [2.24, 2.45) is 0 Å². The van der Waals surface area contributed by atoms with Crippen LogP contribution < -0.4 is 25.2 Å². The lowest BCUT2D eigenvalue weighted by atomic mass is 9.80. The minimum Gasteiger partial charge on any atom is -0.497 e. The van der Waals surface area contributed by atoms with Crippen LogP contribution in [-0.4, -0.2) is 85.5 Å². The van der Waals surface area contributed by atoms with E-state index in [1.54, 1.807) is 21.3 Å². The molecule has 5 aromatic carbocycles. The number of amides is 2. The van der Waals surface area contributed by atoms with Gasteiger partial charge in [-0.15, -0.1) is 0 Å². The predicted octanol–water partition coefficient (Wildman–Crippen LogP) is 8.72.